The first-order chi connectivity index (χ1) is 13.3. The highest BCUT2D eigenvalue weighted by molar-refractivity contribution is 6.17. The van der Waals surface area contributed by atoms with E-state index in [1.165, 1.54) is 96.3 Å². The second-order valence-electron chi connectivity index (χ2n) is 7.95. The van der Waals surface area contributed by atoms with Gasteiger partial charge < -0.3 is 9.47 Å². The van der Waals surface area contributed by atoms with Crippen molar-refractivity contribution in [2.24, 2.45) is 0 Å². The topological polar surface area (TPSA) is 18.5 Å². The number of hydrogen-bond donors (Lipinski definition) is 0. The third-order valence-corrected chi connectivity index (χ3v) is 5.44. The lowest BCUT2D eigenvalue weighted by molar-refractivity contribution is -0.148. The summed E-state index contributed by atoms with van der Waals surface area (Å²) >= 11 is 5.78. The van der Waals surface area contributed by atoms with E-state index in [4.69, 9.17) is 21.1 Å². The van der Waals surface area contributed by atoms with Crippen molar-refractivity contribution in [1.82, 2.24) is 0 Å². The van der Waals surface area contributed by atoms with Crippen LogP contribution >= 0.6 is 11.6 Å². The standard InChI is InChI=1S/C24H49ClO2/c1-3-5-7-9-11-13-18-22-26-24(20-16-15-17-21-25)27-23-19-14-12-10-8-6-4-2/h24H,3-23H2,1-2H3. The molecule has 0 aromatic carbocycles. The zero-order valence-corrected chi connectivity index (χ0v) is 19.4. The van der Waals surface area contributed by atoms with Crippen LogP contribution in [-0.4, -0.2) is 25.4 Å². The molecule has 0 saturated heterocycles. The molecule has 27 heavy (non-hydrogen) atoms. The summed E-state index contributed by atoms with van der Waals surface area (Å²) in [5.74, 6) is 0.766. The van der Waals surface area contributed by atoms with Gasteiger partial charge in [-0.25, -0.2) is 0 Å². The summed E-state index contributed by atoms with van der Waals surface area (Å²) in [5, 5.41) is 0. The van der Waals surface area contributed by atoms with Gasteiger partial charge in [0.05, 0.1) is 0 Å². The molecular formula is C24H49ClO2. The molecule has 0 amide bonds. The molecule has 0 saturated carbocycles. The smallest absolute Gasteiger partial charge is 0.157 e. The fourth-order valence-corrected chi connectivity index (χ4v) is 3.53. The van der Waals surface area contributed by atoms with Gasteiger partial charge in [-0.05, 0) is 32.1 Å². The van der Waals surface area contributed by atoms with Crippen LogP contribution in [0, 0.1) is 0 Å². The number of ether oxygens (including phenoxy) is 2. The number of hydrogen-bond acceptors (Lipinski definition) is 2. The Kier molecular flexibility index (Phi) is 24.4. The summed E-state index contributed by atoms with van der Waals surface area (Å²) in [6.45, 7) is 6.25. The fraction of sp³-hybridized carbons (Fsp3) is 1.00. The van der Waals surface area contributed by atoms with Gasteiger partial charge >= 0.3 is 0 Å². The van der Waals surface area contributed by atoms with Crippen LogP contribution in [0.5, 0.6) is 0 Å². The molecule has 0 aliphatic carbocycles. The summed E-state index contributed by atoms with van der Waals surface area (Å²) in [6, 6.07) is 0. The van der Waals surface area contributed by atoms with Crippen LogP contribution < -0.4 is 0 Å². The average Bonchev–Trinajstić information content (AvgIpc) is 2.68. The Labute approximate surface area is 176 Å². The Morgan fingerprint density at radius 2 is 0.926 bits per heavy atom. The molecule has 0 radical (unpaired) electrons. The third-order valence-electron chi connectivity index (χ3n) is 5.18. The van der Waals surface area contributed by atoms with Gasteiger partial charge in [-0.15, -0.1) is 11.6 Å². The number of unbranched alkanes of at least 4 members (excludes halogenated alkanes) is 14. The van der Waals surface area contributed by atoms with E-state index >= 15 is 0 Å². The van der Waals surface area contributed by atoms with Crippen molar-refractivity contribution in [1.29, 1.82) is 0 Å². The first kappa shape index (κ1) is 27.2. The van der Waals surface area contributed by atoms with Gasteiger partial charge in [0.2, 0.25) is 0 Å². The zero-order valence-electron chi connectivity index (χ0n) is 18.6. The normalized spacial score (nSPS) is 11.6. The van der Waals surface area contributed by atoms with Gasteiger partial charge in [0.25, 0.3) is 0 Å². The first-order valence-electron chi connectivity index (χ1n) is 12.1. The molecule has 2 nitrogen and oxygen atoms in total. The first-order valence-corrected chi connectivity index (χ1v) is 12.7. The van der Waals surface area contributed by atoms with E-state index < -0.39 is 0 Å². The highest BCUT2D eigenvalue weighted by Crippen LogP contribution is 2.13. The van der Waals surface area contributed by atoms with Crippen LogP contribution in [0.1, 0.15) is 129 Å². The lowest BCUT2D eigenvalue weighted by Gasteiger charge is -2.19. The van der Waals surface area contributed by atoms with E-state index in [0.29, 0.717) is 0 Å². The van der Waals surface area contributed by atoms with Gasteiger partial charge in [0, 0.05) is 19.1 Å². The lowest BCUT2D eigenvalue weighted by atomic mass is 10.1. The van der Waals surface area contributed by atoms with Gasteiger partial charge in [0.1, 0.15) is 0 Å². The molecule has 0 heterocycles. The number of rotatable bonds is 23. The number of alkyl halides is 1. The monoisotopic (exact) mass is 404 g/mol. The van der Waals surface area contributed by atoms with E-state index in [-0.39, 0.29) is 6.29 Å². The molecule has 0 rings (SSSR count). The van der Waals surface area contributed by atoms with E-state index in [9.17, 15) is 0 Å². The van der Waals surface area contributed by atoms with Gasteiger partial charge in [-0.3, -0.25) is 0 Å². The molecule has 0 N–H and O–H groups in total. The van der Waals surface area contributed by atoms with Crippen LogP contribution in [0.4, 0.5) is 0 Å². The van der Waals surface area contributed by atoms with Crippen molar-refractivity contribution >= 4 is 11.6 Å². The maximum atomic E-state index is 6.05. The van der Waals surface area contributed by atoms with E-state index in [1.807, 2.05) is 0 Å². The molecule has 0 fully saturated rings. The molecule has 0 atom stereocenters. The van der Waals surface area contributed by atoms with Crippen molar-refractivity contribution in [2.45, 2.75) is 136 Å². The second-order valence-corrected chi connectivity index (χ2v) is 8.33. The van der Waals surface area contributed by atoms with E-state index in [2.05, 4.69) is 13.8 Å². The predicted molar refractivity (Wildman–Crippen MR) is 121 cm³/mol. The van der Waals surface area contributed by atoms with Crippen molar-refractivity contribution in [3.05, 3.63) is 0 Å². The zero-order chi connectivity index (χ0) is 19.8. The van der Waals surface area contributed by atoms with E-state index in [1.54, 1.807) is 0 Å². The Morgan fingerprint density at radius 1 is 0.519 bits per heavy atom. The van der Waals surface area contributed by atoms with E-state index in [0.717, 1.165) is 38.4 Å². The average molecular weight is 405 g/mol. The lowest BCUT2D eigenvalue weighted by Crippen LogP contribution is -2.19. The SMILES string of the molecule is CCCCCCCCCOC(CCCCCCl)OCCCCCCCCC. The Bertz CT molecular complexity index is 241. The molecule has 0 bridgehead atoms. The minimum Gasteiger partial charge on any atom is -0.353 e. The predicted octanol–water partition coefficient (Wildman–Crippen LogP) is 8.65. The van der Waals surface area contributed by atoms with Crippen LogP contribution in [0.2, 0.25) is 0 Å². The minimum absolute atomic E-state index is 0.000471. The molecule has 0 aliphatic rings. The molecule has 0 unspecified atom stereocenters. The number of halogens is 1. The minimum atomic E-state index is 0.000471. The molecule has 0 aliphatic heterocycles. The van der Waals surface area contributed by atoms with Crippen molar-refractivity contribution in [3.63, 3.8) is 0 Å². The Morgan fingerprint density at radius 3 is 1.37 bits per heavy atom. The Hall–Kier alpha value is 0.210. The molecule has 0 aromatic heterocycles. The van der Waals surface area contributed by atoms with Gasteiger partial charge in [-0.1, -0.05) is 97.3 Å². The highest BCUT2D eigenvalue weighted by atomic mass is 35.5. The van der Waals surface area contributed by atoms with Gasteiger partial charge in [-0.2, -0.15) is 0 Å². The quantitative estimate of drug-likeness (QED) is 0.0962. The van der Waals surface area contributed by atoms with Crippen LogP contribution in [0.15, 0.2) is 0 Å². The molecule has 0 spiro atoms. The molecule has 3 heteroatoms. The highest BCUT2D eigenvalue weighted by Gasteiger charge is 2.09. The largest absolute Gasteiger partial charge is 0.353 e. The maximum absolute atomic E-state index is 6.05. The van der Waals surface area contributed by atoms with Crippen molar-refractivity contribution < 1.29 is 9.47 Å². The van der Waals surface area contributed by atoms with Crippen LogP contribution in [0.3, 0.4) is 0 Å². The van der Waals surface area contributed by atoms with Crippen LogP contribution in [0.25, 0.3) is 0 Å². The summed E-state index contributed by atoms with van der Waals surface area (Å²) in [4.78, 5) is 0. The Balaban J connectivity index is 3.70. The molecular weight excluding hydrogens is 356 g/mol. The maximum Gasteiger partial charge on any atom is 0.157 e. The van der Waals surface area contributed by atoms with Gasteiger partial charge in [0.15, 0.2) is 6.29 Å². The summed E-state index contributed by atoms with van der Waals surface area (Å²) < 4.78 is 12.1. The molecule has 0 aromatic rings. The second kappa shape index (κ2) is 24.2. The summed E-state index contributed by atoms with van der Waals surface area (Å²) in [6.07, 6.45) is 23.0. The fourth-order valence-electron chi connectivity index (χ4n) is 3.34. The third kappa shape index (κ3) is 22.4. The van der Waals surface area contributed by atoms with Crippen molar-refractivity contribution in [3.8, 4) is 0 Å². The van der Waals surface area contributed by atoms with Crippen molar-refractivity contribution in [2.75, 3.05) is 19.1 Å². The molecule has 164 valence electrons. The summed E-state index contributed by atoms with van der Waals surface area (Å²) in [7, 11) is 0. The summed E-state index contributed by atoms with van der Waals surface area (Å²) in [5.41, 5.74) is 0. The van der Waals surface area contributed by atoms with Crippen LogP contribution in [-0.2, 0) is 9.47 Å².